The van der Waals surface area contributed by atoms with Gasteiger partial charge in [-0.1, -0.05) is 6.92 Å². The van der Waals surface area contributed by atoms with E-state index in [1.165, 1.54) is 16.1 Å². The Kier molecular flexibility index (Phi) is 4.68. The summed E-state index contributed by atoms with van der Waals surface area (Å²) < 4.78 is 69.5. The maximum atomic E-state index is 13.1. The van der Waals surface area contributed by atoms with Crippen molar-refractivity contribution >= 4 is 20.9 Å². The monoisotopic (exact) mass is 453 g/mol. The van der Waals surface area contributed by atoms with E-state index in [0.717, 1.165) is 12.3 Å². The maximum Gasteiger partial charge on any atom is 0.433 e. The molecule has 9 nitrogen and oxygen atoms in total. The first-order chi connectivity index (χ1) is 14.5. The topological polar surface area (TPSA) is 100 Å². The summed E-state index contributed by atoms with van der Waals surface area (Å²) in [6.07, 6.45) is -2.01. The number of aromatic nitrogens is 7. The zero-order valence-electron chi connectivity index (χ0n) is 17.0. The van der Waals surface area contributed by atoms with Crippen LogP contribution in [0.3, 0.4) is 0 Å². The van der Waals surface area contributed by atoms with Crippen molar-refractivity contribution in [2.75, 3.05) is 5.75 Å². The van der Waals surface area contributed by atoms with Crippen LogP contribution in [0.5, 0.6) is 0 Å². The molecule has 0 unspecified atom stereocenters. The Hall–Kier alpha value is -3.22. The minimum absolute atomic E-state index is 0.0346. The second-order valence-corrected chi connectivity index (χ2v) is 9.14. The summed E-state index contributed by atoms with van der Waals surface area (Å²) in [5, 5.41) is 4.02. The molecule has 0 aliphatic heterocycles. The first kappa shape index (κ1) is 21.0. The van der Waals surface area contributed by atoms with E-state index in [0.29, 0.717) is 17.0 Å². The van der Waals surface area contributed by atoms with Crippen LogP contribution in [0.4, 0.5) is 13.2 Å². The van der Waals surface area contributed by atoms with Gasteiger partial charge in [0.2, 0.25) is 0 Å². The first-order valence-corrected chi connectivity index (χ1v) is 10.8. The third kappa shape index (κ3) is 3.28. The molecule has 0 fully saturated rings. The number of sulfone groups is 1. The molecule has 4 heterocycles. The zero-order chi connectivity index (χ0) is 22.7. The summed E-state index contributed by atoms with van der Waals surface area (Å²) in [6.45, 7) is 1.50. The Morgan fingerprint density at radius 3 is 2.35 bits per heavy atom. The van der Waals surface area contributed by atoms with Crippen molar-refractivity contribution in [3.63, 3.8) is 0 Å². The van der Waals surface area contributed by atoms with Crippen molar-refractivity contribution in [3.05, 3.63) is 30.2 Å². The molecule has 4 rings (SSSR count). The van der Waals surface area contributed by atoms with E-state index < -0.39 is 21.7 Å². The summed E-state index contributed by atoms with van der Waals surface area (Å²) >= 11 is 0. The fourth-order valence-corrected chi connectivity index (χ4v) is 4.61. The normalized spacial score (nSPS) is 12.7. The van der Waals surface area contributed by atoms with Crippen LogP contribution in [0.15, 0.2) is 29.6 Å². The highest BCUT2D eigenvalue weighted by Crippen LogP contribution is 2.34. The first-order valence-electron chi connectivity index (χ1n) is 9.13. The van der Waals surface area contributed by atoms with Crippen molar-refractivity contribution in [1.82, 2.24) is 33.9 Å². The number of hydrogen-bond donors (Lipinski definition) is 0. The smallest absolute Gasteiger partial charge is 0.324 e. The van der Waals surface area contributed by atoms with E-state index in [9.17, 15) is 21.6 Å². The van der Waals surface area contributed by atoms with Crippen molar-refractivity contribution in [1.29, 1.82) is 0 Å². The molecule has 4 aromatic heterocycles. The third-order valence-electron chi connectivity index (χ3n) is 5.04. The molecule has 13 heteroatoms. The van der Waals surface area contributed by atoms with Crippen LogP contribution in [0, 0.1) is 0 Å². The maximum absolute atomic E-state index is 13.1. The highest BCUT2D eigenvalue weighted by Gasteiger charge is 2.34. The molecule has 0 atom stereocenters. The lowest BCUT2D eigenvalue weighted by atomic mass is 10.3. The second kappa shape index (κ2) is 6.90. The molecule has 0 N–H and O–H groups in total. The molecule has 0 saturated heterocycles. The van der Waals surface area contributed by atoms with Crippen LogP contribution in [0.1, 0.15) is 12.6 Å². The van der Waals surface area contributed by atoms with Gasteiger partial charge in [0.05, 0.1) is 23.0 Å². The number of alkyl halides is 3. The lowest BCUT2D eigenvalue weighted by Gasteiger charge is -2.07. The van der Waals surface area contributed by atoms with Gasteiger partial charge in [-0.25, -0.2) is 23.4 Å². The van der Waals surface area contributed by atoms with E-state index in [1.54, 1.807) is 38.1 Å². The minimum atomic E-state index is -4.62. The SMILES string of the molecule is CCS(=O)(=O)c1c(-c2nc3cc(C(F)(F)F)ncc3n2C)nc(-c2ccnn2C)n1C. The Morgan fingerprint density at radius 2 is 1.77 bits per heavy atom. The lowest BCUT2D eigenvalue weighted by Crippen LogP contribution is -2.12. The summed E-state index contributed by atoms with van der Waals surface area (Å²) in [5.74, 6) is 0.268. The number of imidazole rings is 2. The van der Waals surface area contributed by atoms with Gasteiger partial charge in [0.15, 0.2) is 26.5 Å². The van der Waals surface area contributed by atoms with E-state index in [2.05, 4.69) is 20.1 Å². The van der Waals surface area contributed by atoms with Gasteiger partial charge >= 0.3 is 6.18 Å². The largest absolute Gasteiger partial charge is 0.433 e. The molecule has 0 aliphatic carbocycles. The number of aryl methyl sites for hydroxylation is 2. The Balaban J connectivity index is 2.03. The number of hydrogen-bond acceptors (Lipinski definition) is 6. The van der Waals surface area contributed by atoms with Gasteiger partial charge in [-0.2, -0.15) is 18.3 Å². The zero-order valence-corrected chi connectivity index (χ0v) is 17.8. The highest BCUT2D eigenvalue weighted by molar-refractivity contribution is 7.91. The Bertz CT molecular complexity index is 1410. The number of nitrogens with zero attached hydrogens (tertiary/aromatic N) is 7. The van der Waals surface area contributed by atoms with Gasteiger partial charge in [0, 0.05) is 27.3 Å². The van der Waals surface area contributed by atoms with Crippen molar-refractivity contribution in [2.45, 2.75) is 18.1 Å². The summed E-state index contributed by atoms with van der Waals surface area (Å²) in [4.78, 5) is 12.3. The molecule has 0 aromatic carbocycles. The van der Waals surface area contributed by atoms with Gasteiger partial charge in [0.25, 0.3) is 0 Å². The van der Waals surface area contributed by atoms with E-state index in [4.69, 9.17) is 0 Å². The van der Waals surface area contributed by atoms with E-state index in [1.807, 2.05) is 0 Å². The standard InChI is InChI=1S/C18H18F3N7O2S/c1-5-31(29,30)17-14(25-15(27(17)3)11-6-7-23-28(11)4)16-24-10-8-13(18(19,20)21)22-9-12(10)26(16)2/h6-9H,5H2,1-4H3. The molecular weight excluding hydrogens is 435 g/mol. The molecule has 0 aliphatic rings. The number of rotatable bonds is 4. The fraction of sp³-hybridized carbons (Fsp3) is 0.333. The van der Waals surface area contributed by atoms with Crippen molar-refractivity contribution in [2.24, 2.45) is 21.1 Å². The summed E-state index contributed by atoms with van der Waals surface area (Å²) in [7, 11) is 1.07. The van der Waals surface area contributed by atoms with Crippen molar-refractivity contribution < 1.29 is 21.6 Å². The van der Waals surface area contributed by atoms with Crippen LogP contribution in [0.2, 0.25) is 0 Å². The number of fused-ring (bicyclic) bond motifs is 1. The Labute approximate surface area is 175 Å². The molecule has 0 radical (unpaired) electrons. The van der Waals surface area contributed by atoms with Gasteiger partial charge in [-0.15, -0.1) is 0 Å². The predicted octanol–water partition coefficient (Wildman–Crippen LogP) is 2.58. The molecule has 31 heavy (non-hydrogen) atoms. The van der Waals surface area contributed by atoms with Crippen LogP contribution in [-0.4, -0.2) is 48.0 Å². The van der Waals surface area contributed by atoms with Gasteiger partial charge in [-0.05, 0) is 12.1 Å². The third-order valence-corrected chi connectivity index (χ3v) is 6.85. The fourth-order valence-electron chi connectivity index (χ4n) is 3.40. The molecule has 164 valence electrons. The molecule has 0 spiro atoms. The van der Waals surface area contributed by atoms with E-state index >= 15 is 0 Å². The average molecular weight is 453 g/mol. The summed E-state index contributed by atoms with van der Waals surface area (Å²) in [6, 6.07) is 2.51. The lowest BCUT2D eigenvalue weighted by molar-refractivity contribution is -0.141. The molecule has 0 amide bonds. The summed E-state index contributed by atoms with van der Waals surface area (Å²) in [5.41, 5.74) is -0.112. The van der Waals surface area contributed by atoms with Gasteiger partial charge in [0.1, 0.15) is 17.1 Å². The van der Waals surface area contributed by atoms with Crippen LogP contribution in [-0.2, 0) is 37.2 Å². The molecular formula is C18H18F3N7O2S. The number of pyridine rings is 1. The van der Waals surface area contributed by atoms with E-state index in [-0.39, 0.29) is 27.8 Å². The quantitative estimate of drug-likeness (QED) is 0.471. The van der Waals surface area contributed by atoms with Crippen molar-refractivity contribution in [3.8, 4) is 23.0 Å². The molecule has 0 saturated carbocycles. The van der Waals surface area contributed by atoms with Crippen LogP contribution >= 0.6 is 0 Å². The molecule has 0 bridgehead atoms. The number of halogens is 3. The average Bonchev–Trinajstić information content (AvgIpc) is 3.36. The van der Waals surface area contributed by atoms with Gasteiger partial charge in [-0.3, -0.25) is 4.68 Å². The predicted molar refractivity (Wildman–Crippen MR) is 106 cm³/mol. The highest BCUT2D eigenvalue weighted by atomic mass is 32.2. The van der Waals surface area contributed by atoms with Crippen LogP contribution in [0.25, 0.3) is 34.1 Å². The Morgan fingerprint density at radius 1 is 1.06 bits per heavy atom. The second-order valence-electron chi connectivity index (χ2n) is 6.94. The minimum Gasteiger partial charge on any atom is -0.324 e. The van der Waals surface area contributed by atoms with Crippen LogP contribution < -0.4 is 0 Å². The van der Waals surface area contributed by atoms with Gasteiger partial charge < -0.3 is 9.13 Å². The molecule has 4 aromatic rings.